The molecule has 104 valence electrons. The summed E-state index contributed by atoms with van der Waals surface area (Å²) in [5.41, 5.74) is 1.34. The van der Waals surface area contributed by atoms with Gasteiger partial charge in [-0.15, -0.1) is 0 Å². The number of phenolic OH excluding ortho intramolecular Hbond substituents is 1. The molecule has 1 saturated heterocycles. The summed E-state index contributed by atoms with van der Waals surface area (Å²) in [6.45, 7) is 2.31. The minimum Gasteiger partial charge on any atom is -0.507 e. The van der Waals surface area contributed by atoms with Crippen LogP contribution in [0.1, 0.15) is 19.3 Å². The standard InChI is InChI=1S/C17H20NOP/c19-15-9-3-5-11-17(15)20-16-10-4-2-8-14(16)18-12-6-1-7-13-18/h2-5,8-11,19-20H,1,6-7,12-13H2. The molecule has 1 unspecified atom stereocenters. The molecule has 1 N–H and O–H groups in total. The number of aromatic hydroxyl groups is 1. The number of phenols is 1. The van der Waals surface area contributed by atoms with Crippen molar-refractivity contribution in [2.75, 3.05) is 18.0 Å². The van der Waals surface area contributed by atoms with Crippen molar-refractivity contribution in [2.24, 2.45) is 0 Å². The highest BCUT2D eigenvalue weighted by molar-refractivity contribution is 7.56. The van der Waals surface area contributed by atoms with E-state index >= 15 is 0 Å². The average Bonchev–Trinajstić information content (AvgIpc) is 2.51. The molecule has 2 nitrogen and oxygen atoms in total. The third kappa shape index (κ3) is 2.96. The Labute approximate surface area is 122 Å². The van der Waals surface area contributed by atoms with Crippen LogP contribution in [0.5, 0.6) is 5.75 Å². The fourth-order valence-electron chi connectivity index (χ4n) is 2.71. The topological polar surface area (TPSA) is 23.5 Å². The van der Waals surface area contributed by atoms with E-state index in [2.05, 4.69) is 29.2 Å². The van der Waals surface area contributed by atoms with Gasteiger partial charge in [-0.1, -0.05) is 45.0 Å². The van der Waals surface area contributed by atoms with E-state index in [9.17, 15) is 5.11 Å². The third-order valence-electron chi connectivity index (χ3n) is 3.77. The Morgan fingerprint density at radius 3 is 2.20 bits per heavy atom. The van der Waals surface area contributed by atoms with Gasteiger partial charge in [-0.25, -0.2) is 0 Å². The summed E-state index contributed by atoms with van der Waals surface area (Å²) >= 11 is 0. The number of hydrogen-bond donors (Lipinski definition) is 1. The maximum Gasteiger partial charge on any atom is 0.123 e. The molecule has 0 radical (unpaired) electrons. The molecule has 1 heterocycles. The number of benzene rings is 2. The van der Waals surface area contributed by atoms with Crippen LogP contribution in [0.3, 0.4) is 0 Å². The van der Waals surface area contributed by atoms with Gasteiger partial charge < -0.3 is 10.0 Å². The fraction of sp³-hybridized carbons (Fsp3) is 0.294. The second-order valence-corrected chi connectivity index (χ2v) is 6.53. The Hall–Kier alpha value is -1.53. The zero-order valence-corrected chi connectivity index (χ0v) is 12.5. The summed E-state index contributed by atoms with van der Waals surface area (Å²) in [4.78, 5) is 2.49. The van der Waals surface area contributed by atoms with Gasteiger partial charge in [-0.2, -0.15) is 0 Å². The zero-order valence-electron chi connectivity index (χ0n) is 11.5. The molecule has 1 atom stereocenters. The van der Waals surface area contributed by atoms with E-state index < -0.39 is 0 Å². The SMILES string of the molecule is Oc1ccccc1Pc1ccccc1N1CCCCC1. The largest absolute Gasteiger partial charge is 0.507 e. The first-order valence-electron chi connectivity index (χ1n) is 7.23. The van der Waals surface area contributed by atoms with Crippen molar-refractivity contribution in [3.8, 4) is 5.75 Å². The predicted molar refractivity (Wildman–Crippen MR) is 88.2 cm³/mol. The lowest BCUT2D eigenvalue weighted by molar-refractivity contribution is 0.480. The van der Waals surface area contributed by atoms with E-state index in [1.807, 2.05) is 18.2 Å². The number of hydrogen-bond acceptors (Lipinski definition) is 2. The Morgan fingerprint density at radius 1 is 0.800 bits per heavy atom. The summed E-state index contributed by atoms with van der Waals surface area (Å²) in [6.07, 6.45) is 3.92. The second-order valence-electron chi connectivity index (χ2n) is 5.21. The molecule has 3 heteroatoms. The van der Waals surface area contributed by atoms with E-state index in [-0.39, 0.29) is 0 Å². The molecule has 1 fully saturated rings. The number of para-hydroxylation sites is 2. The molecular formula is C17H20NOP. The van der Waals surface area contributed by atoms with Crippen molar-refractivity contribution >= 4 is 24.9 Å². The van der Waals surface area contributed by atoms with E-state index in [0.29, 0.717) is 14.3 Å². The first-order chi connectivity index (χ1) is 9.84. The van der Waals surface area contributed by atoms with Crippen molar-refractivity contribution in [3.05, 3.63) is 48.5 Å². The lowest BCUT2D eigenvalue weighted by Gasteiger charge is -2.30. The summed E-state index contributed by atoms with van der Waals surface area (Å²) in [5.74, 6) is 0.402. The molecule has 1 aliphatic heterocycles. The molecule has 3 rings (SSSR count). The summed E-state index contributed by atoms with van der Waals surface area (Å²) < 4.78 is 0. The predicted octanol–water partition coefficient (Wildman–Crippen LogP) is 3.01. The molecule has 1 aliphatic rings. The Kier molecular flexibility index (Phi) is 4.22. The second kappa shape index (κ2) is 6.28. The van der Waals surface area contributed by atoms with Gasteiger partial charge in [0, 0.05) is 29.4 Å². The summed E-state index contributed by atoms with van der Waals surface area (Å²) in [5, 5.41) is 12.3. The Morgan fingerprint density at radius 2 is 1.45 bits per heavy atom. The molecule has 0 aromatic heterocycles. The molecule has 0 aliphatic carbocycles. The smallest absolute Gasteiger partial charge is 0.123 e. The van der Waals surface area contributed by atoms with Crippen molar-refractivity contribution in [1.82, 2.24) is 0 Å². The Bertz CT molecular complexity index is 579. The third-order valence-corrected chi connectivity index (χ3v) is 5.16. The normalized spacial score (nSPS) is 15.9. The van der Waals surface area contributed by atoms with Crippen LogP contribution >= 0.6 is 8.58 Å². The first-order valence-corrected chi connectivity index (χ1v) is 8.23. The summed E-state index contributed by atoms with van der Waals surface area (Å²) in [7, 11) is 0.507. The summed E-state index contributed by atoms with van der Waals surface area (Å²) in [6, 6.07) is 16.3. The van der Waals surface area contributed by atoms with Gasteiger partial charge in [-0.05, 0) is 31.4 Å². The fourth-order valence-corrected chi connectivity index (χ4v) is 3.94. The van der Waals surface area contributed by atoms with Crippen molar-refractivity contribution in [3.63, 3.8) is 0 Å². The highest BCUT2D eigenvalue weighted by Crippen LogP contribution is 2.25. The van der Waals surface area contributed by atoms with E-state index in [0.717, 1.165) is 18.4 Å². The number of rotatable bonds is 3. The van der Waals surface area contributed by atoms with Crippen molar-refractivity contribution in [1.29, 1.82) is 0 Å². The van der Waals surface area contributed by atoms with Gasteiger partial charge in [0.1, 0.15) is 5.75 Å². The van der Waals surface area contributed by atoms with E-state index in [1.54, 1.807) is 6.07 Å². The number of anilines is 1. The van der Waals surface area contributed by atoms with Crippen LogP contribution in [-0.2, 0) is 0 Å². The maximum absolute atomic E-state index is 9.97. The minimum absolute atomic E-state index is 0.402. The molecule has 2 aromatic rings. The first kappa shape index (κ1) is 13.5. The zero-order chi connectivity index (χ0) is 13.8. The molecule has 0 spiro atoms. The van der Waals surface area contributed by atoms with Gasteiger partial charge in [0.05, 0.1) is 0 Å². The van der Waals surface area contributed by atoms with E-state index in [1.165, 1.54) is 30.3 Å². The quantitative estimate of drug-likeness (QED) is 0.876. The van der Waals surface area contributed by atoms with Gasteiger partial charge in [0.25, 0.3) is 0 Å². The van der Waals surface area contributed by atoms with Gasteiger partial charge in [-0.3, -0.25) is 0 Å². The van der Waals surface area contributed by atoms with Crippen LogP contribution in [0, 0.1) is 0 Å². The Balaban J connectivity index is 1.88. The molecule has 0 bridgehead atoms. The van der Waals surface area contributed by atoms with Gasteiger partial charge in [0.2, 0.25) is 0 Å². The minimum atomic E-state index is 0.402. The lowest BCUT2D eigenvalue weighted by atomic mass is 10.1. The van der Waals surface area contributed by atoms with Crippen LogP contribution in [-0.4, -0.2) is 18.2 Å². The molecular weight excluding hydrogens is 265 g/mol. The van der Waals surface area contributed by atoms with Gasteiger partial charge in [0.15, 0.2) is 0 Å². The molecule has 0 saturated carbocycles. The van der Waals surface area contributed by atoms with Crippen molar-refractivity contribution < 1.29 is 5.11 Å². The lowest BCUT2D eigenvalue weighted by Crippen LogP contribution is -2.32. The van der Waals surface area contributed by atoms with E-state index in [4.69, 9.17) is 0 Å². The molecule has 0 amide bonds. The van der Waals surface area contributed by atoms with Crippen LogP contribution in [0.4, 0.5) is 5.69 Å². The van der Waals surface area contributed by atoms with Crippen LogP contribution in [0.25, 0.3) is 0 Å². The van der Waals surface area contributed by atoms with Crippen LogP contribution < -0.4 is 15.5 Å². The van der Waals surface area contributed by atoms with Crippen LogP contribution in [0.2, 0.25) is 0 Å². The maximum atomic E-state index is 9.97. The monoisotopic (exact) mass is 285 g/mol. The average molecular weight is 285 g/mol. The van der Waals surface area contributed by atoms with Gasteiger partial charge >= 0.3 is 0 Å². The highest BCUT2D eigenvalue weighted by atomic mass is 31.1. The number of piperidine rings is 1. The van der Waals surface area contributed by atoms with Crippen LogP contribution in [0.15, 0.2) is 48.5 Å². The van der Waals surface area contributed by atoms with Crippen molar-refractivity contribution in [2.45, 2.75) is 19.3 Å². The number of nitrogens with zero attached hydrogens (tertiary/aromatic N) is 1. The molecule has 2 aromatic carbocycles. The highest BCUT2D eigenvalue weighted by Gasteiger charge is 2.14. The molecule has 20 heavy (non-hydrogen) atoms.